The average molecular weight is 331 g/mol. The molecule has 0 saturated carbocycles. The van der Waals surface area contributed by atoms with Crippen LogP contribution in [-0.4, -0.2) is 10.5 Å². The molecule has 2 aromatic rings. The van der Waals surface area contributed by atoms with Crippen LogP contribution in [0.15, 0.2) is 48.5 Å². The first-order valence-electron chi connectivity index (χ1n) is 7.71. The molecule has 0 aliphatic carbocycles. The van der Waals surface area contributed by atoms with Crippen molar-refractivity contribution in [2.75, 3.05) is 0 Å². The SMILES string of the molecule is Cc1cccc(COc2cccc(C3SC(C)C(C)S3)c2)c1. The van der Waals surface area contributed by atoms with Crippen molar-refractivity contribution in [1.82, 2.24) is 0 Å². The predicted molar refractivity (Wildman–Crippen MR) is 98.8 cm³/mol. The van der Waals surface area contributed by atoms with Crippen LogP contribution in [0.25, 0.3) is 0 Å². The summed E-state index contributed by atoms with van der Waals surface area (Å²) in [5.41, 5.74) is 3.86. The largest absolute Gasteiger partial charge is 0.489 e. The van der Waals surface area contributed by atoms with Crippen LogP contribution in [0.4, 0.5) is 0 Å². The van der Waals surface area contributed by atoms with Gasteiger partial charge >= 0.3 is 0 Å². The molecule has 1 saturated heterocycles. The lowest BCUT2D eigenvalue weighted by molar-refractivity contribution is 0.306. The minimum Gasteiger partial charge on any atom is -0.489 e. The minimum atomic E-state index is 0.535. The topological polar surface area (TPSA) is 9.23 Å². The summed E-state index contributed by atoms with van der Waals surface area (Å²) >= 11 is 4.12. The second-order valence-electron chi connectivity index (χ2n) is 5.86. The molecule has 0 N–H and O–H groups in total. The van der Waals surface area contributed by atoms with Gasteiger partial charge in [0.05, 0.1) is 4.58 Å². The monoisotopic (exact) mass is 330 g/mol. The zero-order valence-corrected chi connectivity index (χ0v) is 14.9. The molecule has 1 aliphatic heterocycles. The van der Waals surface area contributed by atoms with Gasteiger partial charge in [0, 0.05) is 10.5 Å². The molecule has 2 unspecified atom stereocenters. The van der Waals surface area contributed by atoms with Gasteiger partial charge in [-0.15, -0.1) is 23.5 Å². The summed E-state index contributed by atoms with van der Waals surface area (Å²) in [6.07, 6.45) is 0. The van der Waals surface area contributed by atoms with E-state index in [4.69, 9.17) is 4.74 Å². The van der Waals surface area contributed by atoms with Crippen molar-refractivity contribution in [1.29, 1.82) is 0 Å². The van der Waals surface area contributed by atoms with Crippen LogP contribution in [0.1, 0.15) is 35.1 Å². The van der Waals surface area contributed by atoms with Crippen LogP contribution in [0.5, 0.6) is 5.75 Å². The Kier molecular flexibility index (Phi) is 5.04. The Morgan fingerprint density at radius 3 is 2.41 bits per heavy atom. The average Bonchev–Trinajstić information content (AvgIpc) is 2.85. The fourth-order valence-electron chi connectivity index (χ4n) is 2.52. The highest BCUT2D eigenvalue weighted by Gasteiger charge is 2.30. The van der Waals surface area contributed by atoms with Gasteiger partial charge in [-0.2, -0.15) is 0 Å². The number of thioether (sulfide) groups is 2. The summed E-state index contributed by atoms with van der Waals surface area (Å²) in [4.78, 5) is 0. The highest BCUT2D eigenvalue weighted by atomic mass is 32.2. The van der Waals surface area contributed by atoms with Crippen molar-refractivity contribution < 1.29 is 4.74 Å². The van der Waals surface area contributed by atoms with E-state index in [-0.39, 0.29) is 0 Å². The van der Waals surface area contributed by atoms with Gasteiger partial charge in [-0.3, -0.25) is 0 Å². The first-order valence-corrected chi connectivity index (χ1v) is 9.59. The number of benzene rings is 2. The molecule has 22 heavy (non-hydrogen) atoms. The summed E-state index contributed by atoms with van der Waals surface area (Å²) in [5.74, 6) is 0.965. The summed E-state index contributed by atoms with van der Waals surface area (Å²) < 4.78 is 6.52. The Morgan fingerprint density at radius 1 is 0.955 bits per heavy atom. The molecule has 1 heterocycles. The Balaban J connectivity index is 1.67. The van der Waals surface area contributed by atoms with Crippen LogP contribution in [0.2, 0.25) is 0 Å². The van der Waals surface area contributed by atoms with Gasteiger partial charge < -0.3 is 4.74 Å². The Hall–Kier alpha value is -1.06. The number of aryl methyl sites for hydroxylation is 1. The Labute approximate surface area is 141 Å². The van der Waals surface area contributed by atoms with Crippen molar-refractivity contribution in [2.24, 2.45) is 0 Å². The standard InChI is InChI=1S/C19H22OS2/c1-13-6-4-7-16(10-13)12-20-18-9-5-8-17(11-18)19-21-14(2)15(3)22-19/h4-11,14-15,19H,12H2,1-3H3. The maximum absolute atomic E-state index is 5.98. The third-order valence-corrected chi connectivity index (χ3v) is 7.51. The van der Waals surface area contributed by atoms with Gasteiger partial charge in [-0.1, -0.05) is 55.8 Å². The van der Waals surface area contributed by atoms with Crippen molar-refractivity contribution in [3.8, 4) is 5.75 Å². The molecule has 116 valence electrons. The summed E-state index contributed by atoms with van der Waals surface area (Å²) in [6, 6.07) is 17.1. The number of hydrogen-bond acceptors (Lipinski definition) is 3. The molecule has 1 fully saturated rings. The molecule has 0 bridgehead atoms. The zero-order chi connectivity index (χ0) is 15.5. The molecule has 0 amide bonds. The van der Waals surface area contributed by atoms with Gasteiger partial charge in [0.25, 0.3) is 0 Å². The third-order valence-electron chi connectivity index (χ3n) is 3.96. The first kappa shape index (κ1) is 15.8. The van der Waals surface area contributed by atoms with Crippen molar-refractivity contribution >= 4 is 23.5 Å². The van der Waals surface area contributed by atoms with Gasteiger partial charge in [0.2, 0.25) is 0 Å². The highest BCUT2D eigenvalue weighted by Crippen LogP contribution is 2.53. The van der Waals surface area contributed by atoms with Crippen molar-refractivity contribution in [3.05, 3.63) is 65.2 Å². The molecule has 3 rings (SSSR count). The fourth-order valence-corrected chi connectivity index (χ4v) is 6.04. The van der Waals surface area contributed by atoms with Crippen LogP contribution in [0, 0.1) is 6.92 Å². The van der Waals surface area contributed by atoms with Gasteiger partial charge in [0.15, 0.2) is 0 Å². The maximum atomic E-state index is 5.98. The van der Waals surface area contributed by atoms with E-state index in [2.05, 4.69) is 92.8 Å². The van der Waals surface area contributed by atoms with E-state index in [1.54, 1.807) is 0 Å². The number of rotatable bonds is 4. The fraction of sp³-hybridized carbons (Fsp3) is 0.368. The molecule has 0 radical (unpaired) electrons. The van der Waals surface area contributed by atoms with Crippen LogP contribution in [-0.2, 0) is 6.61 Å². The van der Waals surface area contributed by atoms with E-state index in [9.17, 15) is 0 Å². The molecule has 0 spiro atoms. The molecule has 2 aromatic carbocycles. The summed E-state index contributed by atoms with van der Waals surface area (Å²) in [6.45, 7) is 7.38. The molecule has 1 nitrogen and oxygen atoms in total. The van der Waals surface area contributed by atoms with E-state index in [0.717, 1.165) is 5.75 Å². The van der Waals surface area contributed by atoms with E-state index in [1.165, 1.54) is 16.7 Å². The first-order chi connectivity index (χ1) is 10.6. The molecule has 1 aliphatic rings. The van der Waals surface area contributed by atoms with E-state index in [0.29, 0.717) is 21.7 Å². The maximum Gasteiger partial charge on any atom is 0.120 e. The van der Waals surface area contributed by atoms with Crippen LogP contribution >= 0.6 is 23.5 Å². The summed E-state index contributed by atoms with van der Waals surface area (Å²) in [7, 11) is 0. The second kappa shape index (κ2) is 7.01. The van der Waals surface area contributed by atoms with Gasteiger partial charge in [0.1, 0.15) is 12.4 Å². The minimum absolute atomic E-state index is 0.535. The lowest BCUT2D eigenvalue weighted by atomic mass is 10.1. The zero-order valence-electron chi connectivity index (χ0n) is 13.3. The molecular formula is C19H22OS2. The van der Waals surface area contributed by atoms with Crippen molar-refractivity contribution in [2.45, 2.75) is 42.5 Å². The molecular weight excluding hydrogens is 308 g/mol. The van der Waals surface area contributed by atoms with E-state index >= 15 is 0 Å². The predicted octanol–water partition coefficient (Wildman–Crippen LogP) is 5.83. The quantitative estimate of drug-likeness (QED) is 0.698. The second-order valence-corrected chi connectivity index (χ2v) is 9.14. The molecule has 0 aromatic heterocycles. The van der Waals surface area contributed by atoms with Crippen molar-refractivity contribution in [3.63, 3.8) is 0 Å². The Bertz CT molecular complexity index is 631. The highest BCUT2D eigenvalue weighted by molar-refractivity contribution is 8.20. The lowest BCUT2D eigenvalue weighted by Gasteiger charge is -2.12. The Morgan fingerprint density at radius 2 is 1.68 bits per heavy atom. The van der Waals surface area contributed by atoms with E-state index in [1.807, 2.05) is 0 Å². The lowest BCUT2D eigenvalue weighted by Crippen LogP contribution is -2.04. The van der Waals surface area contributed by atoms with Crippen LogP contribution < -0.4 is 4.74 Å². The number of ether oxygens (including phenoxy) is 1. The normalized spacial score (nSPS) is 24.4. The summed E-state index contributed by atoms with van der Waals surface area (Å²) in [5, 5.41) is 1.43. The van der Waals surface area contributed by atoms with Gasteiger partial charge in [-0.25, -0.2) is 0 Å². The smallest absolute Gasteiger partial charge is 0.120 e. The number of hydrogen-bond donors (Lipinski definition) is 0. The third kappa shape index (κ3) is 3.82. The van der Waals surface area contributed by atoms with E-state index < -0.39 is 0 Å². The molecule has 3 heteroatoms. The van der Waals surface area contributed by atoms with Crippen LogP contribution in [0.3, 0.4) is 0 Å². The van der Waals surface area contributed by atoms with Gasteiger partial charge in [-0.05, 0) is 30.2 Å². The molecule has 2 atom stereocenters.